The molecule has 1 aliphatic rings. The molecule has 0 aromatic heterocycles. The summed E-state index contributed by atoms with van der Waals surface area (Å²) < 4.78 is 6.28. The highest BCUT2D eigenvalue weighted by atomic mass is 79.9. The number of rotatable bonds is 6. The number of ether oxygens (including phenoxy) is 1. The maximum Gasteiger partial charge on any atom is 0.307 e. The monoisotopic (exact) mass is 355 g/mol. The van der Waals surface area contributed by atoms with Gasteiger partial charge in [0, 0.05) is 11.5 Å². The summed E-state index contributed by atoms with van der Waals surface area (Å²) in [5, 5.41) is 11.6. The molecule has 2 N–H and O–H groups in total. The SMILES string of the molecule is CNC(=O)COCCc1ccc2c(c1Br)CC(C(=O)O)C2. The topological polar surface area (TPSA) is 75.6 Å². The standard InChI is InChI=1S/C15H18BrNO4/c1-17-13(18)8-21-5-4-9-2-3-10-6-11(15(19)20)7-12(10)14(9)16/h2-3,11H,4-8H2,1H3,(H,17,18)(H,19,20). The number of halogens is 1. The summed E-state index contributed by atoms with van der Waals surface area (Å²) in [6.45, 7) is 0.507. The lowest BCUT2D eigenvalue weighted by molar-refractivity contribution is -0.141. The summed E-state index contributed by atoms with van der Waals surface area (Å²) in [5.41, 5.74) is 3.27. The average Bonchev–Trinajstić information content (AvgIpc) is 2.90. The van der Waals surface area contributed by atoms with E-state index in [-0.39, 0.29) is 18.4 Å². The molecular weight excluding hydrogens is 338 g/mol. The van der Waals surface area contributed by atoms with E-state index in [1.165, 1.54) is 0 Å². The van der Waals surface area contributed by atoms with Crippen molar-refractivity contribution in [3.05, 3.63) is 33.3 Å². The molecule has 1 aliphatic carbocycles. The quantitative estimate of drug-likeness (QED) is 0.759. The second-order valence-electron chi connectivity index (χ2n) is 5.10. The van der Waals surface area contributed by atoms with Crippen molar-refractivity contribution in [3.8, 4) is 0 Å². The van der Waals surface area contributed by atoms with E-state index < -0.39 is 5.97 Å². The predicted octanol–water partition coefficient (Wildman–Crippen LogP) is 1.55. The molecule has 0 saturated carbocycles. The van der Waals surface area contributed by atoms with Crippen LogP contribution in [0.1, 0.15) is 16.7 Å². The van der Waals surface area contributed by atoms with E-state index in [1.54, 1.807) is 7.05 Å². The van der Waals surface area contributed by atoms with E-state index in [0.29, 0.717) is 25.9 Å². The zero-order valence-corrected chi connectivity index (χ0v) is 13.4. The van der Waals surface area contributed by atoms with E-state index in [9.17, 15) is 9.59 Å². The van der Waals surface area contributed by atoms with Gasteiger partial charge in [0.1, 0.15) is 6.61 Å². The molecule has 2 rings (SSSR count). The van der Waals surface area contributed by atoms with Gasteiger partial charge >= 0.3 is 5.97 Å². The molecule has 0 spiro atoms. The Morgan fingerprint density at radius 3 is 2.86 bits per heavy atom. The van der Waals surface area contributed by atoms with Crippen molar-refractivity contribution >= 4 is 27.8 Å². The van der Waals surface area contributed by atoms with Crippen LogP contribution in [0.5, 0.6) is 0 Å². The Kier molecular flexibility index (Phi) is 5.36. The van der Waals surface area contributed by atoms with Crippen LogP contribution in [0.25, 0.3) is 0 Å². The van der Waals surface area contributed by atoms with Crippen molar-refractivity contribution in [2.45, 2.75) is 19.3 Å². The van der Waals surface area contributed by atoms with Gasteiger partial charge in [0.05, 0.1) is 12.5 Å². The third kappa shape index (κ3) is 3.83. The molecule has 21 heavy (non-hydrogen) atoms. The fourth-order valence-corrected chi connectivity index (χ4v) is 3.24. The highest BCUT2D eigenvalue weighted by Gasteiger charge is 2.29. The van der Waals surface area contributed by atoms with Gasteiger partial charge in [-0.2, -0.15) is 0 Å². The molecule has 1 amide bonds. The summed E-state index contributed by atoms with van der Waals surface area (Å²) in [4.78, 5) is 22.1. The van der Waals surface area contributed by atoms with Crippen LogP contribution in [-0.4, -0.2) is 37.2 Å². The second-order valence-corrected chi connectivity index (χ2v) is 5.89. The summed E-state index contributed by atoms with van der Waals surface area (Å²) in [6.07, 6.45) is 1.84. The fraction of sp³-hybridized carbons (Fsp3) is 0.467. The zero-order valence-electron chi connectivity index (χ0n) is 11.8. The number of aliphatic carboxylic acids is 1. The molecule has 5 nitrogen and oxygen atoms in total. The van der Waals surface area contributed by atoms with Gasteiger partial charge in [0.2, 0.25) is 5.91 Å². The summed E-state index contributed by atoms with van der Waals surface area (Å²) in [5.74, 6) is -1.21. The Morgan fingerprint density at radius 1 is 1.43 bits per heavy atom. The minimum Gasteiger partial charge on any atom is -0.481 e. The molecule has 1 atom stereocenters. The molecular formula is C15H18BrNO4. The smallest absolute Gasteiger partial charge is 0.307 e. The summed E-state index contributed by atoms with van der Waals surface area (Å²) in [7, 11) is 1.57. The van der Waals surface area contributed by atoms with Gasteiger partial charge in [0.15, 0.2) is 0 Å². The lowest BCUT2D eigenvalue weighted by atomic mass is 10.0. The molecule has 0 aliphatic heterocycles. The molecule has 0 fully saturated rings. The first-order chi connectivity index (χ1) is 10.0. The highest BCUT2D eigenvalue weighted by Crippen LogP contribution is 2.35. The Balaban J connectivity index is 1.96. The van der Waals surface area contributed by atoms with Crippen LogP contribution in [0.15, 0.2) is 16.6 Å². The van der Waals surface area contributed by atoms with Crippen LogP contribution in [0.3, 0.4) is 0 Å². The van der Waals surface area contributed by atoms with Crippen LogP contribution >= 0.6 is 15.9 Å². The van der Waals surface area contributed by atoms with E-state index in [4.69, 9.17) is 9.84 Å². The van der Waals surface area contributed by atoms with Gasteiger partial charge in [-0.1, -0.05) is 28.1 Å². The van der Waals surface area contributed by atoms with Crippen molar-refractivity contribution in [1.82, 2.24) is 5.32 Å². The first-order valence-electron chi connectivity index (χ1n) is 6.83. The molecule has 1 unspecified atom stereocenters. The maximum absolute atomic E-state index is 11.1. The van der Waals surface area contributed by atoms with Gasteiger partial charge in [0.25, 0.3) is 0 Å². The van der Waals surface area contributed by atoms with Crippen LogP contribution < -0.4 is 5.32 Å². The maximum atomic E-state index is 11.1. The molecule has 0 radical (unpaired) electrons. The third-order valence-electron chi connectivity index (χ3n) is 3.71. The van der Waals surface area contributed by atoms with Crippen molar-refractivity contribution in [3.63, 3.8) is 0 Å². The van der Waals surface area contributed by atoms with Crippen LogP contribution in [0.4, 0.5) is 0 Å². The number of hydrogen-bond acceptors (Lipinski definition) is 3. The molecule has 1 aromatic rings. The number of carboxylic acids is 1. The highest BCUT2D eigenvalue weighted by molar-refractivity contribution is 9.10. The molecule has 0 heterocycles. The lowest BCUT2D eigenvalue weighted by Gasteiger charge is -2.10. The first-order valence-corrected chi connectivity index (χ1v) is 7.62. The number of carbonyl (C=O) groups excluding carboxylic acids is 1. The first kappa shape index (κ1) is 16.0. The van der Waals surface area contributed by atoms with E-state index in [1.807, 2.05) is 12.1 Å². The number of carboxylic acid groups (broad SMARTS) is 1. The lowest BCUT2D eigenvalue weighted by Crippen LogP contribution is -2.23. The molecule has 0 bridgehead atoms. The predicted molar refractivity (Wildman–Crippen MR) is 81.3 cm³/mol. The van der Waals surface area contributed by atoms with Crippen molar-refractivity contribution in [1.29, 1.82) is 0 Å². The van der Waals surface area contributed by atoms with Crippen LogP contribution in [0, 0.1) is 5.92 Å². The molecule has 114 valence electrons. The molecule has 0 saturated heterocycles. The van der Waals surface area contributed by atoms with E-state index in [2.05, 4.69) is 21.2 Å². The zero-order chi connectivity index (χ0) is 15.4. The van der Waals surface area contributed by atoms with Gasteiger partial charge < -0.3 is 15.2 Å². The second kappa shape index (κ2) is 7.04. The van der Waals surface area contributed by atoms with Crippen LogP contribution in [-0.2, 0) is 33.6 Å². The number of benzene rings is 1. The number of fused-ring (bicyclic) bond motifs is 1. The van der Waals surface area contributed by atoms with E-state index >= 15 is 0 Å². The Morgan fingerprint density at radius 2 is 2.19 bits per heavy atom. The van der Waals surface area contributed by atoms with Gasteiger partial charge in [-0.15, -0.1) is 0 Å². The average molecular weight is 356 g/mol. The van der Waals surface area contributed by atoms with Crippen molar-refractivity contribution in [2.24, 2.45) is 5.92 Å². The Labute approximate surface area is 131 Å². The van der Waals surface area contributed by atoms with Crippen molar-refractivity contribution < 1.29 is 19.4 Å². The number of likely N-dealkylation sites (N-methyl/N-ethyl adjacent to an activating group) is 1. The summed E-state index contributed by atoms with van der Waals surface area (Å²) >= 11 is 3.58. The third-order valence-corrected chi connectivity index (χ3v) is 4.70. The number of amides is 1. The minimum absolute atomic E-state index is 0.0557. The van der Waals surface area contributed by atoms with Gasteiger partial charge in [-0.05, 0) is 36.0 Å². The largest absolute Gasteiger partial charge is 0.481 e. The van der Waals surface area contributed by atoms with Gasteiger partial charge in [-0.3, -0.25) is 9.59 Å². The number of hydrogen-bond donors (Lipinski definition) is 2. The molecule has 1 aromatic carbocycles. The van der Waals surface area contributed by atoms with Crippen LogP contribution in [0.2, 0.25) is 0 Å². The molecule has 6 heteroatoms. The van der Waals surface area contributed by atoms with Crippen molar-refractivity contribution in [2.75, 3.05) is 20.3 Å². The normalized spacial score (nSPS) is 16.6. The minimum atomic E-state index is -0.742. The fourth-order valence-electron chi connectivity index (χ4n) is 2.49. The van der Waals surface area contributed by atoms with Gasteiger partial charge in [-0.25, -0.2) is 0 Å². The Hall–Kier alpha value is -1.40. The summed E-state index contributed by atoms with van der Waals surface area (Å²) in [6, 6.07) is 3.99. The number of nitrogens with one attached hydrogen (secondary N) is 1. The van der Waals surface area contributed by atoms with E-state index in [0.717, 1.165) is 21.2 Å². The Bertz CT molecular complexity index is 559. The number of carbonyl (C=O) groups is 2.